The lowest BCUT2D eigenvalue weighted by atomic mass is 10.3. The van der Waals surface area contributed by atoms with Crippen LogP contribution in [0, 0.1) is 0 Å². The number of hydrogen-bond donors (Lipinski definition) is 1. The van der Waals surface area contributed by atoms with Gasteiger partial charge in [0.2, 0.25) is 5.76 Å². The van der Waals surface area contributed by atoms with Crippen LogP contribution in [-0.2, 0) is 0 Å². The first-order valence-electron chi connectivity index (χ1n) is 4.16. The molecule has 0 bridgehead atoms. The van der Waals surface area contributed by atoms with Crippen molar-refractivity contribution >= 4 is 21.8 Å². The molecule has 0 aromatic carbocycles. The van der Waals surface area contributed by atoms with E-state index in [2.05, 4.69) is 21.2 Å². The maximum absolute atomic E-state index is 11.5. The van der Waals surface area contributed by atoms with Crippen LogP contribution in [0.5, 0.6) is 0 Å². The zero-order valence-corrected chi connectivity index (χ0v) is 8.85. The number of nitrogens with one attached hydrogen (secondary N) is 1. The van der Waals surface area contributed by atoms with E-state index in [-0.39, 0.29) is 11.4 Å². The molecule has 4 heteroatoms. The van der Waals surface area contributed by atoms with Crippen LogP contribution in [0.3, 0.4) is 0 Å². The summed E-state index contributed by atoms with van der Waals surface area (Å²) < 4.78 is 5.74. The Morgan fingerprint density at radius 3 is 2.85 bits per heavy atom. The minimum Gasteiger partial charge on any atom is -0.458 e. The van der Waals surface area contributed by atoms with Gasteiger partial charge in [-0.25, -0.2) is 0 Å². The molecule has 13 heavy (non-hydrogen) atoms. The van der Waals surface area contributed by atoms with Gasteiger partial charge in [0.05, 0.1) is 10.7 Å². The maximum Gasteiger partial charge on any atom is 0.288 e. The summed E-state index contributed by atoms with van der Waals surface area (Å²) in [6, 6.07) is 1.71. The van der Waals surface area contributed by atoms with Crippen molar-refractivity contribution < 1.29 is 9.21 Å². The van der Waals surface area contributed by atoms with Gasteiger partial charge in [0.25, 0.3) is 5.91 Å². The predicted octanol–water partition coefficient (Wildman–Crippen LogP) is 2.32. The molecule has 0 aliphatic heterocycles. The van der Waals surface area contributed by atoms with Crippen LogP contribution in [-0.4, -0.2) is 11.4 Å². The predicted molar refractivity (Wildman–Crippen MR) is 51.5 cm³/mol. The number of furan rings is 1. The molecular formula is C9H10BrNO2. The van der Waals surface area contributed by atoms with E-state index < -0.39 is 0 Å². The van der Waals surface area contributed by atoms with E-state index in [1.807, 2.05) is 6.92 Å². The first-order valence-corrected chi connectivity index (χ1v) is 4.96. The van der Waals surface area contributed by atoms with E-state index in [4.69, 9.17) is 4.42 Å². The molecular weight excluding hydrogens is 234 g/mol. The molecule has 1 fully saturated rings. The van der Waals surface area contributed by atoms with Crippen molar-refractivity contribution in [1.82, 2.24) is 5.32 Å². The van der Waals surface area contributed by atoms with E-state index in [1.165, 1.54) is 6.26 Å². The summed E-state index contributed by atoms with van der Waals surface area (Å²) in [5.41, 5.74) is 0.00329. The molecule has 70 valence electrons. The largest absolute Gasteiger partial charge is 0.458 e. The Kier molecular flexibility index (Phi) is 1.95. The minimum absolute atomic E-state index is 0.00329. The second kappa shape index (κ2) is 2.87. The highest BCUT2D eigenvalue weighted by Crippen LogP contribution is 2.34. The average Bonchev–Trinajstić information content (AvgIpc) is 2.63. The fourth-order valence-electron chi connectivity index (χ4n) is 1.10. The van der Waals surface area contributed by atoms with E-state index in [1.54, 1.807) is 6.07 Å². The standard InChI is InChI=1S/C9H10BrNO2/c1-9(3-4-9)11-8(12)7-6(10)2-5-13-7/h2,5H,3-4H2,1H3,(H,11,12). The highest BCUT2D eigenvalue weighted by atomic mass is 79.9. The van der Waals surface area contributed by atoms with E-state index in [0.717, 1.165) is 12.8 Å². The van der Waals surface area contributed by atoms with Crippen LogP contribution in [0.4, 0.5) is 0 Å². The zero-order chi connectivity index (χ0) is 9.47. The molecule has 0 atom stereocenters. The Bertz CT molecular complexity index is 341. The van der Waals surface area contributed by atoms with Crippen molar-refractivity contribution in [2.45, 2.75) is 25.3 Å². The number of rotatable bonds is 2. The van der Waals surface area contributed by atoms with Gasteiger partial charge in [0.1, 0.15) is 0 Å². The first-order chi connectivity index (χ1) is 6.11. The summed E-state index contributed by atoms with van der Waals surface area (Å²) in [4.78, 5) is 11.5. The van der Waals surface area contributed by atoms with Gasteiger partial charge in [0.15, 0.2) is 0 Å². The van der Waals surface area contributed by atoms with Crippen LogP contribution in [0.1, 0.15) is 30.3 Å². The van der Waals surface area contributed by atoms with Gasteiger partial charge in [-0.05, 0) is 41.8 Å². The smallest absolute Gasteiger partial charge is 0.288 e. The van der Waals surface area contributed by atoms with Gasteiger partial charge in [-0.15, -0.1) is 0 Å². The molecule has 1 amide bonds. The van der Waals surface area contributed by atoms with Crippen molar-refractivity contribution in [3.05, 3.63) is 22.6 Å². The Morgan fingerprint density at radius 1 is 1.69 bits per heavy atom. The molecule has 1 aliphatic carbocycles. The van der Waals surface area contributed by atoms with Gasteiger partial charge in [-0.1, -0.05) is 0 Å². The molecule has 0 radical (unpaired) electrons. The SMILES string of the molecule is CC1(NC(=O)c2occc2Br)CC1. The van der Waals surface area contributed by atoms with E-state index in [9.17, 15) is 4.79 Å². The molecule has 0 spiro atoms. The number of amides is 1. The average molecular weight is 244 g/mol. The molecule has 2 rings (SSSR count). The fourth-order valence-corrected chi connectivity index (χ4v) is 1.48. The molecule has 0 saturated heterocycles. The summed E-state index contributed by atoms with van der Waals surface area (Å²) in [5.74, 6) is 0.213. The summed E-state index contributed by atoms with van der Waals surface area (Å²) >= 11 is 3.24. The molecule has 1 heterocycles. The Hall–Kier alpha value is -0.770. The lowest BCUT2D eigenvalue weighted by Gasteiger charge is -2.09. The normalized spacial score (nSPS) is 18.3. The van der Waals surface area contributed by atoms with Crippen LogP contribution < -0.4 is 5.32 Å². The first kappa shape index (κ1) is 8.81. The maximum atomic E-state index is 11.5. The van der Waals surface area contributed by atoms with Gasteiger partial charge < -0.3 is 9.73 Å². The van der Waals surface area contributed by atoms with Crippen molar-refractivity contribution in [2.24, 2.45) is 0 Å². The summed E-state index contributed by atoms with van der Waals surface area (Å²) in [6.07, 6.45) is 3.60. The summed E-state index contributed by atoms with van der Waals surface area (Å²) in [7, 11) is 0. The number of halogens is 1. The van der Waals surface area contributed by atoms with E-state index >= 15 is 0 Å². The van der Waals surface area contributed by atoms with Gasteiger partial charge in [-0.3, -0.25) is 4.79 Å². The molecule has 1 aliphatic rings. The third-order valence-corrected chi connectivity index (χ3v) is 2.86. The molecule has 1 aromatic heterocycles. The van der Waals surface area contributed by atoms with Gasteiger partial charge >= 0.3 is 0 Å². The minimum atomic E-state index is -0.142. The Labute approximate surface area is 84.6 Å². The number of hydrogen-bond acceptors (Lipinski definition) is 2. The topological polar surface area (TPSA) is 42.2 Å². The fraction of sp³-hybridized carbons (Fsp3) is 0.444. The molecule has 0 unspecified atom stereocenters. The molecule has 3 nitrogen and oxygen atoms in total. The summed E-state index contributed by atoms with van der Waals surface area (Å²) in [6.45, 7) is 2.03. The van der Waals surface area contributed by atoms with Crippen molar-refractivity contribution in [3.63, 3.8) is 0 Å². The van der Waals surface area contributed by atoms with Crippen LogP contribution in [0.2, 0.25) is 0 Å². The number of carbonyl (C=O) groups excluding carboxylic acids is 1. The van der Waals surface area contributed by atoms with Crippen molar-refractivity contribution in [3.8, 4) is 0 Å². The highest BCUT2D eigenvalue weighted by Gasteiger charge is 2.39. The highest BCUT2D eigenvalue weighted by molar-refractivity contribution is 9.10. The Balaban J connectivity index is 2.09. The van der Waals surface area contributed by atoms with Crippen LogP contribution in [0.15, 0.2) is 21.2 Å². The lowest BCUT2D eigenvalue weighted by Crippen LogP contribution is -2.34. The second-order valence-corrected chi connectivity index (χ2v) is 4.47. The molecule has 1 N–H and O–H groups in total. The monoisotopic (exact) mass is 243 g/mol. The third kappa shape index (κ3) is 1.77. The van der Waals surface area contributed by atoms with E-state index in [0.29, 0.717) is 10.2 Å². The Morgan fingerprint density at radius 2 is 2.38 bits per heavy atom. The molecule has 1 saturated carbocycles. The zero-order valence-electron chi connectivity index (χ0n) is 7.26. The van der Waals surface area contributed by atoms with Crippen molar-refractivity contribution in [1.29, 1.82) is 0 Å². The third-order valence-electron chi connectivity index (χ3n) is 2.24. The lowest BCUT2D eigenvalue weighted by molar-refractivity contribution is 0.0906. The van der Waals surface area contributed by atoms with Crippen LogP contribution in [0.25, 0.3) is 0 Å². The van der Waals surface area contributed by atoms with Crippen molar-refractivity contribution in [2.75, 3.05) is 0 Å². The molecule has 1 aromatic rings. The van der Waals surface area contributed by atoms with Gasteiger partial charge in [-0.2, -0.15) is 0 Å². The number of carbonyl (C=O) groups is 1. The quantitative estimate of drug-likeness (QED) is 0.867. The van der Waals surface area contributed by atoms with Crippen LogP contribution >= 0.6 is 15.9 Å². The van der Waals surface area contributed by atoms with Gasteiger partial charge in [0, 0.05) is 5.54 Å². The second-order valence-electron chi connectivity index (χ2n) is 3.61. The summed E-state index contributed by atoms with van der Waals surface area (Å²) in [5, 5.41) is 2.91.